The van der Waals surface area contributed by atoms with E-state index in [1.807, 2.05) is 0 Å². The molecule has 166 valence electrons. The highest BCUT2D eigenvalue weighted by Gasteiger charge is 2.35. The van der Waals surface area contributed by atoms with Crippen LogP contribution in [0.1, 0.15) is 58.9 Å². The van der Waals surface area contributed by atoms with E-state index in [4.69, 9.17) is 9.47 Å². The maximum atomic E-state index is 5.77. The molecule has 0 bridgehead atoms. The van der Waals surface area contributed by atoms with Crippen LogP contribution in [0.2, 0.25) is 0 Å². The van der Waals surface area contributed by atoms with E-state index in [-0.39, 0.29) is 17.8 Å². The van der Waals surface area contributed by atoms with Crippen LogP contribution in [0.5, 0.6) is 11.5 Å². The van der Waals surface area contributed by atoms with Crippen LogP contribution in [0, 0.1) is 16.7 Å². The van der Waals surface area contributed by atoms with E-state index >= 15 is 0 Å². The lowest BCUT2D eigenvalue weighted by atomic mass is 9.65. The summed E-state index contributed by atoms with van der Waals surface area (Å²) in [6, 6.07) is 4.49. The second-order valence-corrected chi connectivity index (χ2v) is 11.1. The zero-order valence-corrected chi connectivity index (χ0v) is 19.8. The molecule has 30 heavy (non-hydrogen) atoms. The van der Waals surface area contributed by atoms with Gasteiger partial charge >= 0.3 is 0 Å². The number of hydrogen-bond acceptors (Lipinski definition) is 4. The Morgan fingerprint density at radius 1 is 0.967 bits per heavy atom. The Balaban J connectivity index is 0.00000218. The molecule has 0 amide bonds. The van der Waals surface area contributed by atoms with Crippen LogP contribution >= 0.6 is 12.4 Å². The second kappa shape index (κ2) is 7.94. The average molecular weight is 433 g/mol. The molecule has 4 aliphatic rings. The third-order valence-electron chi connectivity index (χ3n) is 6.93. The van der Waals surface area contributed by atoms with Crippen molar-refractivity contribution >= 4 is 23.7 Å². The first kappa shape index (κ1) is 21.8. The summed E-state index contributed by atoms with van der Waals surface area (Å²) in [4.78, 5) is 5.24. The average Bonchev–Trinajstić information content (AvgIpc) is 3.33. The highest BCUT2D eigenvalue weighted by atomic mass is 35.5. The molecule has 2 fully saturated rings. The molecule has 1 saturated heterocycles. The van der Waals surface area contributed by atoms with Crippen LogP contribution in [-0.2, 0) is 0 Å². The van der Waals surface area contributed by atoms with Crippen molar-refractivity contribution in [3.05, 3.63) is 23.8 Å². The van der Waals surface area contributed by atoms with Gasteiger partial charge in [-0.25, -0.2) is 0 Å². The highest BCUT2D eigenvalue weighted by Crippen LogP contribution is 2.50. The lowest BCUT2D eigenvalue weighted by molar-refractivity contribution is 0.174. The number of hydrogen-bond donors (Lipinski definition) is 0. The molecule has 2 aliphatic heterocycles. The van der Waals surface area contributed by atoms with Gasteiger partial charge in [0.1, 0.15) is 0 Å². The van der Waals surface area contributed by atoms with Gasteiger partial charge in [0.05, 0.1) is 0 Å². The van der Waals surface area contributed by atoms with Gasteiger partial charge in [-0.2, -0.15) is 0 Å². The predicted octanol–water partition coefficient (Wildman–Crippen LogP) is 5.60. The standard InChI is InChI=1S/C25H36N2O2.ClH/c1-24(2)13-19(14-25(3,4)16-24)20-11-22-23(29-17-28-22)12-21(20)27-9-7-26(8-10-27)15-18-5-6-18;/h11-13,18H,5-10,14-17H2,1-4H3;1H. The van der Waals surface area contributed by atoms with Gasteiger partial charge in [0, 0.05) is 50.0 Å². The van der Waals surface area contributed by atoms with Crippen LogP contribution in [0.3, 0.4) is 0 Å². The van der Waals surface area contributed by atoms with Crippen molar-refractivity contribution < 1.29 is 9.47 Å². The van der Waals surface area contributed by atoms with Gasteiger partial charge in [-0.1, -0.05) is 33.8 Å². The molecular weight excluding hydrogens is 396 g/mol. The molecule has 0 N–H and O–H groups in total. The summed E-state index contributed by atoms with van der Waals surface area (Å²) < 4.78 is 11.5. The van der Waals surface area contributed by atoms with Gasteiger partial charge < -0.3 is 14.4 Å². The van der Waals surface area contributed by atoms with Crippen LogP contribution < -0.4 is 14.4 Å². The molecule has 1 aromatic carbocycles. The summed E-state index contributed by atoms with van der Waals surface area (Å²) in [6.07, 6.45) is 7.73. The normalized spacial score (nSPS) is 24.9. The number of anilines is 1. The first-order valence-electron chi connectivity index (χ1n) is 11.4. The van der Waals surface area contributed by atoms with Crippen molar-refractivity contribution in [1.82, 2.24) is 4.90 Å². The van der Waals surface area contributed by atoms with E-state index in [9.17, 15) is 0 Å². The first-order chi connectivity index (χ1) is 13.8. The molecule has 5 rings (SSSR count). The van der Waals surface area contributed by atoms with Crippen LogP contribution in [0.4, 0.5) is 5.69 Å². The number of piperazine rings is 1. The molecule has 0 spiro atoms. The fourth-order valence-corrected chi connectivity index (χ4v) is 5.85. The zero-order chi connectivity index (χ0) is 20.2. The maximum Gasteiger partial charge on any atom is 0.231 e. The number of fused-ring (bicyclic) bond motifs is 1. The molecule has 4 nitrogen and oxygen atoms in total. The molecule has 2 aliphatic carbocycles. The topological polar surface area (TPSA) is 24.9 Å². The van der Waals surface area contributed by atoms with E-state index in [2.05, 4.69) is 55.7 Å². The van der Waals surface area contributed by atoms with Crippen molar-refractivity contribution in [3.63, 3.8) is 0 Å². The Kier molecular flexibility index (Phi) is 5.78. The number of benzene rings is 1. The Bertz CT molecular complexity index is 821. The maximum absolute atomic E-state index is 5.77. The van der Waals surface area contributed by atoms with Crippen molar-refractivity contribution in [2.45, 2.75) is 53.4 Å². The monoisotopic (exact) mass is 432 g/mol. The summed E-state index contributed by atoms with van der Waals surface area (Å²) in [7, 11) is 0. The number of allylic oxidation sites excluding steroid dienone is 2. The van der Waals surface area contributed by atoms with E-state index in [1.54, 1.807) is 0 Å². The van der Waals surface area contributed by atoms with E-state index in [0.717, 1.165) is 36.9 Å². The predicted molar refractivity (Wildman–Crippen MR) is 126 cm³/mol. The molecule has 5 heteroatoms. The summed E-state index contributed by atoms with van der Waals surface area (Å²) in [5.74, 6) is 2.77. The van der Waals surface area contributed by atoms with Crippen LogP contribution in [0.15, 0.2) is 18.2 Å². The summed E-state index contributed by atoms with van der Waals surface area (Å²) in [5, 5.41) is 0. The van der Waals surface area contributed by atoms with Crippen LogP contribution in [0.25, 0.3) is 5.57 Å². The van der Waals surface area contributed by atoms with Crippen molar-refractivity contribution in [1.29, 1.82) is 0 Å². The Labute approximate surface area is 188 Å². The molecule has 1 saturated carbocycles. The SMILES string of the molecule is CC1(C)C=C(c2cc3c(cc2N2CCN(CC4CC4)CC2)OCO3)CC(C)(C)C1.Cl. The molecule has 0 aromatic heterocycles. The lowest BCUT2D eigenvalue weighted by Gasteiger charge is -2.41. The summed E-state index contributed by atoms with van der Waals surface area (Å²) in [5.41, 5.74) is 4.68. The largest absolute Gasteiger partial charge is 0.454 e. The minimum atomic E-state index is 0. The number of nitrogens with zero attached hydrogens (tertiary/aromatic N) is 2. The first-order valence-corrected chi connectivity index (χ1v) is 11.4. The van der Waals surface area contributed by atoms with E-state index < -0.39 is 0 Å². The quantitative estimate of drug-likeness (QED) is 0.618. The van der Waals surface area contributed by atoms with Gasteiger partial charge in [0.15, 0.2) is 11.5 Å². The smallest absolute Gasteiger partial charge is 0.231 e. The molecule has 0 unspecified atom stereocenters. The van der Waals surface area contributed by atoms with E-state index in [1.165, 1.54) is 55.7 Å². The van der Waals surface area contributed by atoms with Gasteiger partial charge in [-0.3, -0.25) is 4.90 Å². The molecule has 0 radical (unpaired) electrons. The fraction of sp³-hybridized carbons (Fsp3) is 0.680. The highest BCUT2D eigenvalue weighted by molar-refractivity contribution is 5.85. The van der Waals surface area contributed by atoms with Crippen molar-refractivity contribution in [2.75, 3.05) is 44.4 Å². The van der Waals surface area contributed by atoms with Gasteiger partial charge in [-0.05, 0) is 54.1 Å². The second-order valence-electron chi connectivity index (χ2n) is 11.1. The van der Waals surface area contributed by atoms with E-state index in [0.29, 0.717) is 12.2 Å². The molecular formula is C25H37ClN2O2. The van der Waals surface area contributed by atoms with Gasteiger partial charge in [0.25, 0.3) is 0 Å². The lowest BCUT2D eigenvalue weighted by Crippen LogP contribution is -2.47. The third kappa shape index (κ3) is 4.60. The van der Waals surface area contributed by atoms with Gasteiger partial charge in [-0.15, -0.1) is 12.4 Å². The van der Waals surface area contributed by atoms with Crippen LogP contribution in [-0.4, -0.2) is 44.4 Å². The fourth-order valence-electron chi connectivity index (χ4n) is 5.85. The minimum Gasteiger partial charge on any atom is -0.454 e. The number of rotatable bonds is 4. The Morgan fingerprint density at radius 2 is 1.63 bits per heavy atom. The zero-order valence-electron chi connectivity index (χ0n) is 19.0. The number of ether oxygens (including phenoxy) is 2. The Hall–Kier alpha value is -1.39. The van der Waals surface area contributed by atoms with Crippen molar-refractivity contribution in [2.24, 2.45) is 16.7 Å². The minimum absolute atomic E-state index is 0. The Morgan fingerprint density at radius 3 is 2.27 bits per heavy atom. The molecule has 2 heterocycles. The summed E-state index contributed by atoms with van der Waals surface area (Å²) in [6.45, 7) is 15.7. The van der Waals surface area contributed by atoms with Gasteiger partial charge in [0.2, 0.25) is 6.79 Å². The van der Waals surface area contributed by atoms with Crippen molar-refractivity contribution in [3.8, 4) is 11.5 Å². The summed E-state index contributed by atoms with van der Waals surface area (Å²) >= 11 is 0. The molecule has 1 aromatic rings. The molecule has 0 atom stereocenters. The third-order valence-corrected chi connectivity index (χ3v) is 6.93. The number of halogens is 1.